The molecular weight excluding hydrogens is 224 g/mol. The van der Waals surface area contributed by atoms with E-state index in [2.05, 4.69) is 20.8 Å². The number of aliphatic hydroxyl groups excluding tert-OH is 3. The van der Waals surface area contributed by atoms with Gasteiger partial charge in [0.05, 0.1) is 6.61 Å². The Morgan fingerprint density at radius 3 is 2.25 bits per heavy atom. The van der Waals surface area contributed by atoms with E-state index in [1.165, 1.54) is 31.0 Å². The summed E-state index contributed by atoms with van der Waals surface area (Å²) in [6, 6.07) is 0. The zero-order valence-corrected chi connectivity index (χ0v) is 11.5. The van der Waals surface area contributed by atoms with E-state index in [0.717, 1.165) is 12.8 Å². The maximum Gasteiger partial charge on any atom is 0.128 e. The Morgan fingerprint density at radius 1 is 1.12 bits per heavy atom. The van der Waals surface area contributed by atoms with E-state index in [1.54, 1.807) is 0 Å². The number of aliphatic hydroxyl groups is 3. The van der Waals surface area contributed by atoms with Crippen LogP contribution < -0.4 is 0 Å². The normalized spacial score (nSPS) is 16.1. The molecule has 0 aliphatic carbocycles. The van der Waals surface area contributed by atoms with E-state index >= 15 is 0 Å². The third-order valence-electron chi connectivity index (χ3n) is 2.59. The highest BCUT2D eigenvalue weighted by Gasteiger charge is 2.26. The average molecular weight is 250 g/mol. The fourth-order valence-electron chi connectivity index (χ4n) is 1.53. The van der Waals surface area contributed by atoms with Gasteiger partial charge in [-0.25, -0.2) is 0 Å². The SMILES string of the molecule is CCCCCCC(C)(C)SC(O)C(O)CO. The lowest BCUT2D eigenvalue weighted by molar-refractivity contribution is 0.0279. The number of thioether (sulfide) groups is 1. The zero-order valence-electron chi connectivity index (χ0n) is 10.6. The van der Waals surface area contributed by atoms with Crippen molar-refractivity contribution in [3.8, 4) is 0 Å². The second kappa shape index (κ2) is 8.34. The molecule has 0 aromatic carbocycles. The van der Waals surface area contributed by atoms with E-state index in [9.17, 15) is 10.2 Å². The standard InChI is InChI=1S/C12H26O3S/c1-4-5-6-7-8-12(2,3)16-11(15)10(14)9-13/h10-11,13-15H,4-9H2,1-3H3. The van der Waals surface area contributed by atoms with Gasteiger partial charge < -0.3 is 15.3 Å². The van der Waals surface area contributed by atoms with Crippen LogP contribution in [-0.4, -0.2) is 38.2 Å². The minimum Gasteiger partial charge on any atom is -0.394 e. The molecule has 3 N–H and O–H groups in total. The molecule has 0 spiro atoms. The van der Waals surface area contributed by atoms with Crippen molar-refractivity contribution in [2.45, 2.75) is 69.2 Å². The molecule has 0 aromatic rings. The summed E-state index contributed by atoms with van der Waals surface area (Å²) in [5.74, 6) is 0. The molecule has 0 heterocycles. The van der Waals surface area contributed by atoms with Crippen LogP contribution in [0.1, 0.15) is 52.9 Å². The van der Waals surface area contributed by atoms with Crippen molar-refractivity contribution in [1.29, 1.82) is 0 Å². The first-order valence-corrected chi connectivity index (χ1v) is 6.95. The maximum absolute atomic E-state index is 9.61. The van der Waals surface area contributed by atoms with Gasteiger partial charge in [-0.2, -0.15) is 0 Å². The lowest BCUT2D eigenvalue weighted by Gasteiger charge is -2.28. The van der Waals surface area contributed by atoms with E-state index < -0.39 is 11.5 Å². The minimum absolute atomic E-state index is 0.0523. The maximum atomic E-state index is 9.61. The van der Waals surface area contributed by atoms with E-state index in [1.807, 2.05) is 0 Å². The molecule has 0 radical (unpaired) electrons. The smallest absolute Gasteiger partial charge is 0.128 e. The molecule has 2 atom stereocenters. The van der Waals surface area contributed by atoms with Crippen LogP contribution in [0.15, 0.2) is 0 Å². The Bertz CT molecular complexity index is 174. The van der Waals surface area contributed by atoms with Crippen molar-refractivity contribution < 1.29 is 15.3 Å². The summed E-state index contributed by atoms with van der Waals surface area (Å²) in [4.78, 5) is 0. The predicted octanol–water partition coefficient (Wildman–Crippen LogP) is 2.14. The van der Waals surface area contributed by atoms with Crippen LogP contribution in [0.4, 0.5) is 0 Å². The Hall–Kier alpha value is 0.230. The molecule has 0 aromatic heterocycles. The molecule has 0 aliphatic rings. The molecule has 2 unspecified atom stereocenters. The summed E-state index contributed by atoms with van der Waals surface area (Å²) in [7, 11) is 0. The van der Waals surface area contributed by atoms with Gasteiger partial charge in [-0.1, -0.05) is 46.5 Å². The summed E-state index contributed by atoms with van der Waals surface area (Å²) < 4.78 is -0.0523. The fraction of sp³-hybridized carbons (Fsp3) is 1.00. The molecule has 0 bridgehead atoms. The minimum atomic E-state index is -1.04. The van der Waals surface area contributed by atoms with Crippen LogP contribution in [0.2, 0.25) is 0 Å². The highest BCUT2D eigenvalue weighted by molar-refractivity contribution is 8.01. The van der Waals surface area contributed by atoms with Gasteiger partial charge in [0.25, 0.3) is 0 Å². The van der Waals surface area contributed by atoms with Crippen molar-refractivity contribution in [2.75, 3.05) is 6.61 Å². The predicted molar refractivity (Wildman–Crippen MR) is 69.5 cm³/mol. The molecule has 0 rings (SSSR count). The molecule has 98 valence electrons. The van der Waals surface area contributed by atoms with Crippen molar-refractivity contribution in [1.82, 2.24) is 0 Å². The van der Waals surface area contributed by atoms with Gasteiger partial charge in [-0.3, -0.25) is 0 Å². The summed E-state index contributed by atoms with van der Waals surface area (Å²) in [5, 5.41) is 27.6. The first kappa shape index (κ1) is 16.2. The molecule has 0 saturated carbocycles. The van der Waals surface area contributed by atoms with Gasteiger partial charge in [-0.05, 0) is 6.42 Å². The molecule has 0 aliphatic heterocycles. The molecule has 0 fully saturated rings. The number of rotatable bonds is 9. The quantitative estimate of drug-likeness (QED) is 0.433. The molecular formula is C12H26O3S. The van der Waals surface area contributed by atoms with E-state index in [4.69, 9.17) is 5.11 Å². The van der Waals surface area contributed by atoms with Crippen LogP contribution in [0.25, 0.3) is 0 Å². The number of unbranched alkanes of at least 4 members (excludes halogenated alkanes) is 3. The highest BCUT2D eigenvalue weighted by atomic mass is 32.2. The molecule has 3 nitrogen and oxygen atoms in total. The Balaban J connectivity index is 3.84. The van der Waals surface area contributed by atoms with Gasteiger partial charge in [0.1, 0.15) is 11.5 Å². The van der Waals surface area contributed by atoms with Crippen LogP contribution in [0.5, 0.6) is 0 Å². The first-order chi connectivity index (χ1) is 7.43. The third kappa shape index (κ3) is 7.49. The summed E-state index contributed by atoms with van der Waals surface area (Å²) in [6.45, 7) is 5.93. The van der Waals surface area contributed by atoms with Crippen LogP contribution in [-0.2, 0) is 0 Å². The lowest BCUT2D eigenvalue weighted by atomic mass is 10.0. The van der Waals surface area contributed by atoms with Crippen molar-refractivity contribution in [3.05, 3.63) is 0 Å². The highest BCUT2D eigenvalue weighted by Crippen LogP contribution is 2.33. The monoisotopic (exact) mass is 250 g/mol. The topological polar surface area (TPSA) is 60.7 Å². The molecule has 16 heavy (non-hydrogen) atoms. The van der Waals surface area contributed by atoms with Crippen LogP contribution in [0, 0.1) is 0 Å². The summed E-state index contributed by atoms with van der Waals surface area (Å²) in [5.41, 5.74) is -0.897. The van der Waals surface area contributed by atoms with Crippen molar-refractivity contribution in [2.24, 2.45) is 0 Å². The second-order valence-electron chi connectivity index (χ2n) is 4.83. The van der Waals surface area contributed by atoms with Crippen LogP contribution in [0.3, 0.4) is 0 Å². The Labute approximate surface area is 103 Å². The number of hydrogen-bond acceptors (Lipinski definition) is 4. The Morgan fingerprint density at radius 2 is 1.75 bits per heavy atom. The number of hydrogen-bond donors (Lipinski definition) is 3. The Kier molecular flexibility index (Phi) is 8.46. The zero-order chi connectivity index (χ0) is 12.6. The fourth-order valence-corrected chi connectivity index (χ4v) is 2.69. The van der Waals surface area contributed by atoms with Gasteiger partial charge in [-0.15, -0.1) is 11.8 Å². The van der Waals surface area contributed by atoms with Crippen molar-refractivity contribution in [3.63, 3.8) is 0 Å². The third-order valence-corrected chi connectivity index (χ3v) is 3.99. The van der Waals surface area contributed by atoms with Gasteiger partial charge in [0, 0.05) is 4.75 Å². The first-order valence-electron chi connectivity index (χ1n) is 6.07. The molecule has 0 amide bonds. The summed E-state index contributed by atoms with van der Waals surface area (Å²) >= 11 is 1.34. The molecule has 4 heteroatoms. The van der Waals surface area contributed by atoms with Crippen LogP contribution >= 0.6 is 11.8 Å². The van der Waals surface area contributed by atoms with Gasteiger partial charge in [0.15, 0.2) is 0 Å². The lowest BCUT2D eigenvalue weighted by Crippen LogP contribution is -2.31. The second-order valence-corrected chi connectivity index (χ2v) is 6.65. The van der Waals surface area contributed by atoms with Crippen molar-refractivity contribution >= 4 is 11.8 Å². The van der Waals surface area contributed by atoms with E-state index in [0.29, 0.717) is 0 Å². The average Bonchev–Trinajstić information content (AvgIpc) is 2.22. The molecule has 0 saturated heterocycles. The largest absolute Gasteiger partial charge is 0.394 e. The summed E-state index contributed by atoms with van der Waals surface area (Å²) in [6.07, 6.45) is 4.82. The van der Waals surface area contributed by atoms with Gasteiger partial charge in [0.2, 0.25) is 0 Å². The van der Waals surface area contributed by atoms with Gasteiger partial charge >= 0.3 is 0 Å². The van der Waals surface area contributed by atoms with E-state index in [-0.39, 0.29) is 11.4 Å².